The summed E-state index contributed by atoms with van der Waals surface area (Å²) in [6.45, 7) is 2.06. The van der Waals surface area contributed by atoms with E-state index in [2.05, 4.69) is 0 Å². The largest absolute Gasteiger partial charge is 0.475 e. The summed E-state index contributed by atoms with van der Waals surface area (Å²) in [7, 11) is 0.448. The van der Waals surface area contributed by atoms with Gasteiger partial charge < -0.3 is 14.3 Å². The van der Waals surface area contributed by atoms with E-state index in [1.54, 1.807) is 13.0 Å². The Morgan fingerprint density at radius 3 is 2.81 bits per heavy atom. The van der Waals surface area contributed by atoms with Crippen molar-refractivity contribution in [1.82, 2.24) is 0 Å². The zero-order chi connectivity index (χ0) is 12.1. The van der Waals surface area contributed by atoms with Crippen LogP contribution in [0.15, 0.2) is 10.5 Å². The molecule has 6 heteroatoms. The van der Waals surface area contributed by atoms with Crippen LogP contribution in [0.1, 0.15) is 21.9 Å². The number of carboxylic acid groups (broad SMARTS) is 1. The highest BCUT2D eigenvalue weighted by atomic mass is 32.2. The van der Waals surface area contributed by atoms with Crippen LogP contribution < -0.4 is 0 Å². The first-order valence-corrected chi connectivity index (χ1v) is 6.20. The van der Waals surface area contributed by atoms with Gasteiger partial charge in [-0.1, -0.05) is 0 Å². The van der Waals surface area contributed by atoms with Crippen molar-refractivity contribution in [2.75, 3.05) is 19.5 Å². The van der Waals surface area contributed by atoms with Crippen LogP contribution in [0, 0.1) is 6.92 Å². The topological polar surface area (TPSA) is 76.7 Å². The predicted molar refractivity (Wildman–Crippen MR) is 59.0 cm³/mol. The van der Waals surface area contributed by atoms with Gasteiger partial charge in [-0.15, -0.1) is 0 Å². The number of aryl methyl sites for hydroxylation is 1. The van der Waals surface area contributed by atoms with E-state index in [0.29, 0.717) is 23.7 Å². The Bertz CT molecular complexity index is 396. The molecule has 16 heavy (non-hydrogen) atoms. The quantitative estimate of drug-likeness (QED) is 0.815. The second kappa shape index (κ2) is 5.81. The Labute approximate surface area is 95.9 Å². The molecule has 1 unspecified atom stereocenters. The monoisotopic (exact) mass is 246 g/mol. The Morgan fingerprint density at radius 2 is 2.31 bits per heavy atom. The average molecular weight is 246 g/mol. The fourth-order valence-electron chi connectivity index (χ4n) is 1.24. The molecule has 90 valence electrons. The van der Waals surface area contributed by atoms with Crippen LogP contribution in [0.3, 0.4) is 0 Å². The molecule has 0 bridgehead atoms. The first-order chi connectivity index (χ1) is 7.54. The Morgan fingerprint density at radius 1 is 1.62 bits per heavy atom. The van der Waals surface area contributed by atoms with Gasteiger partial charge in [0, 0.05) is 29.2 Å². The molecule has 1 rings (SSSR count). The van der Waals surface area contributed by atoms with E-state index in [9.17, 15) is 9.00 Å². The maximum atomic E-state index is 11.5. The van der Waals surface area contributed by atoms with Crippen LogP contribution in [-0.2, 0) is 21.3 Å². The van der Waals surface area contributed by atoms with Crippen molar-refractivity contribution in [3.05, 3.63) is 23.2 Å². The number of carboxylic acids is 1. The van der Waals surface area contributed by atoms with Gasteiger partial charge >= 0.3 is 5.97 Å². The molecule has 0 aliphatic rings. The van der Waals surface area contributed by atoms with Crippen molar-refractivity contribution >= 4 is 16.8 Å². The van der Waals surface area contributed by atoms with Crippen molar-refractivity contribution in [3.63, 3.8) is 0 Å². The molecule has 1 heterocycles. The normalized spacial score (nSPS) is 12.6. The third kappa shape index (κ3) is 3.46. The summed E-state index contributed by atoms with van der Waals surface area (Å²) < 4.78 is 21.4. The van der Waals surface area contributed by atoms with Crippen LogP contribution in [0.2, 0.25) is 0 Å². The van der Waals surface area contributed by atoms with Gasteiger partial charge in [0.25, 0.3) is 0 Å². The third-order valence-corrected chi connectivity index (χ3v) is 3.21. The predicted octanol–water partition coefficient (Wildman–Crippen LogP) is 1.18. The molecular formula is C10H14O5S. The Kier molecular flexibility index (Phi) is 4.70. The first kappa shape index (κ1) is 12.9. The van der Waals surface area contributed by atoms with Gasteiger partial charge in [-0.05, 0) is 13.0 Å². The van der Waals surface area contributed by atoms with Gasteiger partial charge in [0.1, 0.15) is 5.76 Å². The number of carbonyl (C=O) groups is 1. The van der Waals surface area contributed by atoms with Crippen LogP contribution in [0.4, 0.5) is 0 Å². The fraction of sp³-hybridized carbons (Fsp3) is 0.500. The molecule has 0 radical (unpaired) electrons. The molecule has 0 saturated heterocycles. The molecule has 0 spiro atoms. The molecule has 0 amide bonds. The lowest BCUT2D eigenvalue weighted by molar-refractivity contribution is 0.0659. The van der Waals surface area contributed by atoms with E-state index in [1.165, 1.54) is 7.11 Å². The molecule has 0 saturated carbocycles. The zero-order valence-corrected chi connectivity index (χ0v) is 10.0. The van der Waals surface area contributed by atoms with Crippen LogP contribution in [0.25, 0.3) is 0 Å². The SMILES string of the molecule is COCCS(=O)Cc1cc(C)c(C(=O)O)o1. The highest BCUT2D eigenvalue weighted by molar-refractivity contribution is 7.84. The summed E-state index contributed by atoms with van der Waals surface area (Å²) in [5.41, 5.74) is 0.547. The second-order valence-corrected chi connectivity index (χ2v) is 4.89. The van der Waals surface area contributed by atoms with Crippen LogP contribution in [0.5, 0.6) is 0 Å². The molecule has 1 aromatic rings. The van der Waals surface area contributed by atoms with Gasteiger partial charge in [-0.25, -0.2) is 4.79 Å². The number of rotatable bonds is 6. The molecule has 5 nitrogen and oxygen atoms in total. The Hall–Kier alpha value is -1.14. The maximum absolute atomic E-state index is 11.5. The molecular weight excluding hydrogens is 232 g/mol. The van der Waals surface area contributed by atoms with E-state index in [0.717, 1.165) is 0 Å². The summed E-state index contributed by atoms with van der Waals surface area (Å²) in [4.78, 5) is 10.7. The molecule has 1 aromatic heterocycles. The molecule has 0 aliphatic carbocycles. The minimum atomic E-state index is -1.11. The van der Waals surface area contributed by atoms with Gasteiger partial charge in [0.15, 0.2) is 0 Å². The molecule has 0 fully saturated rings. The molecule has 0 aliphatic heterocycles. The first-order valence-electron chi connectivity index (χ1n) is 4.71. The van der Waals surface area contributed by atoms with E-state index >= 15 is 0 Å². The number of methoxy groups -OCH3 is 1. The van der Waals surface area contributed by atoms with Gasteiger partial charge in [0.05, 0.1) is 12.4 Å². The highest BCUT2D eigenvalue weighted by Crippen LogP contribution is 2.16. The highest BCUT2D eigenvalue weighted by Gasteiger charge is 2.15. The van der Waals surface area contributed by atoms with Crippen LogP contribution >= 0.6 is 0 Å². The van der Waals surface area contributed by atoms with E-state index in [-0.39, 0.29) is 11.5 Å². The van der Waals surface area contributed by atoms with Crippen molar-refractivity contribution in [2.24, 2.45) is 0 Å². The summed E-state index contributed by atoms with van der Waals surface area (Å²) in [6.07, 6.45) is 0. The van der Waals surface area contributed by atoms with E-state index in [1.807, 2.05) is 0 Å². The van der Waals surface area contributed by atoms with Crippen LogP contribution in [-0.4, -0.2) is 34.8 Å². The number of hydrogen-bond donors (Lipinski definition) is 1. The van der Waals surface area contributed by atoms with Crippen molar-refractivity contribution < 1.29 is 23.3 Å². The fourth-order valence-corrected chi connectivity index (χ4v) is 2.20. The van der Waals surface area contributed by atoms with Crippen molar-refractivity contribution in [1.29, 1.82) is 0 Å². The summed E-state index contributed by atoms with van der Waals surface area (Å²) in [5, 5.41) is 8.76. The third-order valence-electron chi connectivity index (χ3n) is 1.98. The summed E-state index contributed by atoms with van der Waals surface area (Å²) >= 11 is 0. The maximum Gasteiger partial charge on any atom is 0.372 e. The number of ether oxygens (including phenoxy) is 1. The smallest absolute Gasteiger partial charge is 0.372 e. The number of furan rings is 1. The van der Waals surface area contributed by atoms with Gasteiger partial charge in [-0.3, -0.25) is 4.21 Å². The number of hydrogen-bond acceptors (Lipinski definition) is 4. The van der Waals surface area contributed by atoms with Gasteiger partial charge in [-0.2, -0.15) is 0 Å². The summed E-state index contributed by atoms with van der Waals surface area (Å²) in [5.74, 6) is -0.120. The van der Waals surface area contributed by atoms with E-state index in [4.69, 9.17) is 14.3 Å². The number of aromatic carboxylic acids is 1. The standard InChI is InChI=1S/C10H14O5S/c1-7-5-8(15-9(7)10(11)12)6-16(13)4-3-14-2/h5H,3-4,6H2,1-2H3,(H,11,12). The lowest BCUT2D eigenvalue weighted by atomic mass is 10.3. The minimum absolute atomic E-state index is 0.0845. The van der Waals surface area contributed by atoms with Crippen molar-refractivity contribution in [3.8, 4) is 0 Å². The second-order valence-electron chi connectivity index (χ2n) is 3.31. The Balaban J connectivity index is 2.64. The lowest BCUT2D eigenvalue weighted by Gasteiger charge is -1.98. The zero-order valence-electron chi connectivity index (χ0n) is 9.19. The molecule has 1 atom stereocenters. The summed E-state index contributed by atoms with van der Waals surface area (Å²) in [6, 6.07) is 1.61. The van der Waals surface area contributed by atoms with E-state index < -0.39 is 16.8 Å². The lowest BCUT2D eigenvalue weighted by Crippen LogP contribution is -2.05. The average Bonchev–Trinajstić information content (AvgIpc) is 2.56. The molecule has 1 N–H and O–H groups in total. The molecule has 0 aromatic carbocycles. The minimum Gasteiger partial charge on any atom is -0.475 e. The van der Waals surface area contributed by atoms with Crippen molar-refractivity contribution in [2.45, 2.75) is 12.7 Å². The van der Waals surface area contributed by atoms with Gasteiger partial charge in [0.2, 0.25) is 5.76 Å².